The molecule has 0 aliphatic carbocycles. The molecule has 9 heteroatoms. The van der Waals surface area contributed by atoms with Crippen LogP contribution in [0.3, 0.4) is 0 Å². The van der Waals surface area contributed by atoms with Gasteiger partial charge < -0.3 is 24.4 Å². The van der Waals surface area contributed by atoms with E-state index < -0.39 is 16.7 Å². The number of likely N-dealkylation sites (tertiary alicyclic amines) is 1. The van der Waals surface area contributed by atoms with E-state index in [9.17, 15) is 19.8 Å². The van der Waals surface area contributed by atoms with Crippen molar-refractivity contribution in [1.29, 1.82) is 0 Å². The monoisotopic (exact) mass is 471 g/mol. The van der Waals surface area contributed by atoms with Crippen LogP contribution >= 0.6 is 11.8 Å². The Balaban J connectivity index is 1.45. The molecule has 1 unspecified atom stereocenters. The van der Waals surface area contributed by atoms with E-state index in [1.54, 1.807) is 0 Å². The average Bonchev–Trinajstić information content (AvgIpc) is 3.21. The summed E-state index contributed by atoms with van der Waals surface area (Å²) in [6, 6.07) is 9.14. The summed E-state index contributed by atoms with van der Waals surface area (Å²) in [5, 5.41) is 19.8. The van der Waals surface area contributed by atoms with Gasteiger partial charge in [0, 0.05) is 25.4 Å². The summed E-state index contributed by atoms with van der Waals surface area (Å²) in [5.74, 6) is -2.54. The first-order chi connectivity index (χ1) is 16.0. The molecule has 176 valence electrons. The summed E-state index contributed by atoms with van der Waals surface area (Å²) in [6.45, 7) is 4.51. The molecule has 1 atom stereocenters. The number of carbonyl (C=O) groups is 2. The van der Waals surface area contributed by atoms with E-state index in [0.29, 0.717) is 18.4 Å². The van der Waals surface area contributed by atoms with Crippen LogP contribution in [0.15, 0.2) is 53.3 Å². The smallest absolute Gasteiger partial charge is 0.333 e. The minimum Gasteiger partial charge on any atom is -0.478 e. The van der Waals surface area contributed by atoms with Crippen molar-refractivity contribution in [3.8, 4) is 0 Å². The van der Waals surface area contributed by atoms with Gasteiger partial charge >= 0.3 is 11.9 Å². The van der Waals surface area contributed by atoms with E-state index in [2.05, 4.69) is 9.88 Å². The highest BCUT2D eigenvalue weighted by Crippen LogP contribution is 2.52. The number of aromatic nitrogens is 2. The SMILES string of the molecule is O=C(O)C=C(C(=O)O)C1(c2ccccc2)Cn2cc(COCCN3CCCCCC3)nc2S1. The number of fused-ring (bicyclic) bond motifs is 1. The highest BCUT2D eigenvalue weighted by Gasteiger charge is 2.47. The van der Waals surface area contributed by atoms with Crippen molar-refractivity contribution in [2.75, 3.05) is 26.2 Å². The van der Waals surface area contributed by atoms with Crippen molar-refractivity contribution in [2.24, 2.45) is 0 Å². The van der Waals surface area contributed by atoms with E-state index in [4.69, 9.17) is 4.74 Å². The predicted molar refractivity (Wildman–Crippen MR) is 124 cm³/mol. The molecule has 1 fully saturated rings. The molecule has 1 saturated heterocycles. The van der Waals surface area contributed by atoms with Crippen molar-refractivity contribution in [3.05, 3.63) is 59.4 Å². The molecule has 1 aromatic carbocycles. The van der Waals surface area contributed by atoms with Gasteiger partial charge in [-0.15, -0.1) is 0 Å². The molecule has 33 heavy (non-hydrogen) atoms. The van der Waals surface area contributed by atoms with Crippen LogP contribution < -0.4 is 0 Å². The van der Waals surface area contributed by atoms with Gasteiger partial charge in [0.25, 0.3) is 0 Å². The fraction of sp³-hybridized carbons (Fsp3) is 0.458. The molecule has 2 N–H and O–H groups in total. The van der Waals surface area contributed by atoms with Gasteiger partial charge in [0.05, 0.1) is 29.2 Å². The van der Waals surface area contributed by atoms with Crippen molar-refractivity contribution in [3.63, 3.8) is 0 Å². The Morgan fingerprint density at radius 3 is 2.48 bits per heavy atom. The molecular weight excluding hydrogens is 442 g/mol. The van der Waals surface area contributed by atoms with E-state index in [0.717, 1.165) is 37.0 Å². The zero-order valence-electron chi connectivity index (χ0n) is 18.5. The molecule has 4 rings (SSSR count). The van der Waals surface area contributed by atoms with E-state index in [1.165, 1.54) is 37.4 Å². The third kappa shape index (κ3) is 5.48. The number of carboxylic acids is 2. The first kappa shape index (κ1) is 23.5. The zero-order valence-corrected chi connectivity index (χ0v) is 19.3. The Bertz CT molecular complexity index is 989. The third-order valence-electron chi connectivity index (χ3n) is 6.12. The number of imidazole rings is 1. The predicted octanol–water partition coefficient (Wildman–Crippen LogP) is 3.37. The topological polar surface area (TPSA) is 105 Å². The largest absolute Gasteiger partial charge is 0.478 e. The second-order valence-electron chi connectivity index (χ2n) is 8.45. The summed E-state index contributed by atoms with van der Waals surface area (Å²) in [4.78, 5) is 30.6. The van der Waals surface area contributed by atoms with Gasteiger partial charge in [0.2, 0.25) is 0 Å². The number of benzene rings is 1. The number of aliphatic carboxylic acids is 2. The van der Waals surface area contributed by atoms with Gasteiger partial charge in [-0.25, -0.2) is 14.6 Å². The zero-order chi connectivity index (χ0) is 23.3. The molecular formula is C24H29N3O5S. The lowest BCUT2D eigenvalue weighted by Crippen LogP contribution is -2.31. The Labute approximate surface area is 197 Å². The van der Waals surface area contributed by atoms with E-state index >= 15 is 0 Å². The number of ether oxygens (including phenoxy) is 1. The van der Waals surface area contributed by atoms with Crippen LogP contribution in [0.5, 0.6) is 0 Å². The fourth-order valence-electron chi connectivity index (χ4n) is 4.50. The van der Waals surface area contributed by atoms with Crippen LogP contribution in [0, 0.1) is 0 Å². The van der Waals surface area contributed by atoms with Gasteiger partial charge in [-0.1, -0.05) is 54.9 Å². The Morgan fingerprint density at radius 2 is 1.85 bits per heavy atom. The summed E-state index contributed by atoms with van der Waals surface area (Å²) < 4.78 is 6.69. The van der Waals surface area contributed by atoms with E-state index in [-0.39, 0.29) is 12.1 Å². The highest BCUT2D eigenvalue weighted by atomic mass is 32.2. The lowest BCUT2D eigenvalue weighted by molar-refractivity contribution is -0.135. The molecule has 3 heterocycles. The third-order valence-corrected chi connectivity index (χ3v) is 7.56. The van der Waals surface area contributed by atoms with Crippen LogP contribution in [-0.4, -0.2) is 62.8 Å². The standard InChI is InChI=1S/C24H29N3O5S/c28-21(29)14-20(22(30)31)24(18-8-4-3-5-9-18)17-27-15-19(25-23(27)33-24)16-32-13-12-26-10-6-1-2-7-11-26/h3-5,8-9,14-15H,1-2,6-7,10-13,16-17H2,(H,28,29)(H,30,31). The lowest BCUT2D eigenvalue weighted by atomic mass is 9.89. The molecule has 2 aliphatic heterocycles. The number of carboxylic acid groups (broad SMARTS) is 2. The van der Waals surface area contributed by atoms with Crippen molar-refractivity contribution < 1.29 is 24.5 Å². The summed E-state index contributed by atoms with van der Waals surface area (Å²) in [7, 11) is 0. The van der Waals surface area contributed by atoms with Crippen molar-refractivity contribution in [1.82, 2.24) is 14.5 Å². The Morgan fingerprint density at radius 1 is 1.12 bits per heavy atom. The van der Waals surface area contributed by atoms with Gasteiger partial charge in [0.1, 0.15) is 0 Å². The molecule has 0 spiro atoms. The van der Waals surface area contributed by atoms with Crippen molar-refractivity contribution in [2.45, 2.75) is 48.7 Å². The second kappa shape index (κ2) is 10.5. The van der Waals surface area contributed by atoms with Crippen LogP contribution in [0.2, 0.25) is 0 Å². The van der Waals surface area contributed by atoms with Gasteiger partial charge in [0.15, 0.2) is 5.16 Å². The molecule has 0 saturated carbocycles. The maximum absolute atomic E-state index is 12.1. The Kier molecular flexibility index (Phi) is 7.52. The molecule has 8 nitrogen and oxygen atoms in total. The number of hydrogen-bond donors (Lipinski definition) is 2. The number of thioether (sulfide) groups is 1. The van der Waals surface area contributed by atoms with Gasteiger partial charge in [-0.05, 0) is 31.5 Å². The molecule has 1 aromatic heterocycles. The summed E-state index contributed by atoms with van der Waals surface area (Å²) in [5.41, 5.74) is 1.34. The first-order valence-electron chi connectivity index (χ1n) is 11.3. The summed E-state index contributed by atoms with van der Waals surface area (Å²) >= 11 is 1.28. The number of nitrogens with zero attached hydrogens (tertiary/aromatic N) is 3. The Hall–Kier alpha value is -2.62. The van der Waals surface area contributed by atoms with Crippen LogP contribution in [-0.2, 0) is 32.2 Å². The number of hydrogen-bond acceptors (Lipinski definition) is 6. The van der Waals surface area contributed by atoms with Gasteiger partial charge in [-0.2, -0.15) is 0 Å². The maximum atomic E-state index is 12.1. The lowest BCUT2D eigenvalue weighted by Gasteiger charge is -2.28. The molecule has 0 amide bonds. The minimum absolute atomic E-state index is 0.174. The minimum atomic E-state index is -1.29. The average molecular weight is 472 g/mol. The molecule has 0 radical (unpaired) electrons. The summed E-state index contributed by atoms with van der Waals surface area (Å²) in [6.07, 6.45) is 7.79. The maximum Gasteiger partial charge on any atom is 0.333 e. The van der Waals surface area contributed by atoms with E-state index in [1.807, 2.05) is 41.1 Å². The molecule has 2 aliphatic rings. The second-order valence-corrected chi connectivity index (χ2v) is 9.71. The highest BCUT2D eigenvalue weighted by molar-refractivity contribution is 8.00. The van der Waals surface area contributed by atoms with Crippen LogP contribution in [0.25, 0.3) is 0 Å². The molecule has 0 bridgehead atoms. The van der Waals surface area contributed by atoms with Crippen LogP contribution in [0.1, 0.15) is 36.9 Å². The quantitative estimate of drug-likeness (QED) is 0.424. The molecule has 2 aromatic rings. The van der Waals surface area contributed by atoms with Crippen molar-refractivity contribution >= 4 is 23.7 Å². The fourth-order valence-corrected chi connectivity index (χ4v) is 5.92. The first-order valence-corrected chi connectivity index (χ1v) is 12.1. The van der Waals surface area contributed by atoms with Crippen LogP contribution in [0.4, 0.5) is 0 Å². The number of rotatable bonds is 9. The van der Waals surface area contributed by atoms with Gasteiger partial charge in [-0.3, -0.25) is 0 Å². The normalized spacial score (nSPS) is 21.5.